The first-order valence-electron chi connectivity index (χ1n) is 16.7. The van der Waals surface area contributed by atoms with Gasteiger partial charge in [-0.2, -0.15) is 0 Å². The summed E-state index contributed by atoms with van der Waals surface area (Å²) in [4.78, 5) is 17.7. The Kier molecular flexibility index (Phi) is 8.47. The lowest BCUT2D eigenvalue weighted by molar-refractivity contribution is 0.566. The minimum absolute atomic E-state index is 0.910. The van der Waals surface area contributed by atoms with Gasteiger partial charge in [-0.3, -0.25) is 9.97 Å². The summed E-state index contributed by atoms with van der Waals surface area (Å²) in [6.07, 6.45) is 7.47. The number of unbranched alkanes of at least 4 members (excludes halogenated alkanes) is 5. The molecule has 0 aliphatic carbocycles. The number of aryl methyl sites for hydroxylation is 3. The molecule has 0 aliphatic rings. The molecular formula is C41H41N5. The molecule has 0 radical (unpaired) electrons. The van der Waals surface area contributed by atoms with Crippen molar-refractivity contribution in [3.63, 3.8) is 0 Å². The van der Waals surface area contributed by atoms with Crippen molar-refractivity contribution < 1.29 is 0 Å². The van der Waals surface area contributed by atoms with E-state index in [9.17, 15) is 0 Å². The lowest BCUT2D eigenvalue weighted by Gasteiger charge is -2.25. The van der Waals surface area contributed by atoms with E-state index >= 15 is 0 Å². The van der Waals surface area contributed by atoms with Gasteiger partial charge in [0.2, 0.25) is 0 Å². The SMILES string of the molecule is CCCCCCCCn1c(-c2ccc(N(c3ccccc3)c3ccccc3)cc2)nc2c3ccc(C)nc3c3nc(C)ccc3c21. The summed E-state index contributed by atoms with van der Waals surface area (Å²) in [7, 11) is 0. The van der Waals surface area contributed by atoms with Gasteiger partial charge < -0.3 is 9.47 Å². The van der Waals surface area contributed by atoms with Crippen molar-refractivity contribution in [2.45, 2.75) is 65.8 Å². The number of fused-ring (bicyclic) bond motifs is 6. The monoisotopic (exact) mass is 603 g/mol. The second-order valence-corrected chi connectivity index (χ2v) is 12.3. The van der Waals surface area contributed by atoms with Crippen molar-refractivity contribution in [1.29, 1.82) is 0 Å². The quantitative estimate of drug-likeness (QED) is 0.109. The van der Waals surface area contributed by atoms with Crippen LogP contribution in [0.2, 0.25) is 0 Å². The summed E-state index contributed by atoms with van der Waals surface area (Å²) in [5.74, 6) is 0.996. The van der Waals surface area contributed by atoms with Crippen LogP contribution in [0.15, 0.2) is 109 Å². The van der Waals surface area contributed by atoms with Crippen LogP contribution in [0.1, 0.15) is 56.8 Å². The first-order valence-corrected chi connectivity index (χ1v) is 16.7. The van der Waals surface area contributed by atoms with Crippen LogP contribution in [0.3, 0.4) is 0 Å². The average Bonchev–Trinajstić information content (AvgIpc) is 3.47. The Hall–Kier alpha value is -5.03. The third-order valence-electron chi connectivity index (χ3n) is 8.92. The van der Waals surface area contributed by atoms with E-state index in [2.05, 4.69) is 133 Å². The lowest BCUT2D eigenvalue weighted by Crippen LogP contribution is -2.09. The van der Waals surface area contributed by atoms with Crippen molar-refractivity contribution in [3.05, 3.63) is 121 Å². The van der Waals surface area contributed by atoms with Crippen molar-refractivity contribution in [2.24, 2.45) is 0 Å². The van der Waals surface area contributed by atoms with Gasteiger partial charge in [-0.15, -0.1) is 0 Å². The van der Waals surface area contributed by atoms with E-state index in [4.69, 9.17) is 15.0 Å². The molecule has 0 aliphatic heterocycles. The highest BCUT2D eigenvalue weighted by Crippen LogP contribution is 2.39. The molecule has 0 N–H and O–H groups in total. The number of para-hydroxylation sites is 2. The van der Waals surface area contributed by atoms with E-state index in [1.807, 2.05) is 6.92 Å². The van der Waals surface area contributed by atoms with E-state index in [0.29, 0.717) is 0 Å². The van der Waals surface area contributed by atoms with Crippen molar-refractivity contribution in [1.82, 2.24) is 19.5 Å². The van der Waals surface area contributed by atoms with Crippen molar-refractivity contribution in [3.8, 4) is 11.4 Å². The summed E-state index contributed by atoms with van der Waals surface area (Å²) < 4.78 is 2.45. The molecule has 0 saturated carbocycles. The summed E-state index contributed by atoms with van der Waals surface area (Å²) >= 11 is 0. The van der Waals surface area contributed by atoms with Gasteiger partial charge in [0.25, 0.3) is 0 Å². The van der Waals surface area contributed by atoms with Gasteiger partial charge in [0, 0.05) is 51.3 Å². The highest BCUT2D eigenvalue weighted by atomic mass is 15.1. The van der Waals surface area contributed by atoms with E-state index in [0.717, 1.165) is 85.6 Å². The van der Waals surface area contributed by atoms with Gasteiger partial charge in [-0.25, -0.2) is 4.98 Å². The maximum Gasteiger partial charge on any atom is 0.141 e. The van der Waals surface area contributed by atoms with Gasteiger partial charge in [0.1, 0.15) is 5.82 Å². The Morgan fingerprint density at radius 1 is 0.522 bits per heavy atom. The Labute approximate surface area is 271 Å². The number of imidazole rings is 1. The van der Waals surface area contributed by atoms with Gasteiger partial charge in [-0.05, 0) is 93.1 Å². The molecule has 0 atom stereocenters. The van der Waals surface area contributed by atoms with Crippen molar-refractivity contribution in [2.75, 3.05) is 4.90 Å². The minimum atomic E-state index is 0.910. The molecule has 230 valence electrons. The maximum atomic E-state index is 5.41. The maximum absolute atomic E-state index is 5.41. The van der Waals surface area contributed by atoms with Crippen LogP contribution in [0.25, 0.3) is 44.2 Å². The van der Waals surface area contributed by atoms with Crippen LogP contribution in [0, 0.1) is 13.8 Å². The molecule has 7 rings (SSSR count). The summed E-state index contributed by atoms with van der Waals surface area (Å²) in [5.41, 5.74) is 10.5. The normalized spacial score (nSPS) is 11.5. The largest absolute Gasteiger partial charge is 0.323 e. The molecule has 5 heteroatoms. The first kappa shape index (κ1) is 29.7. The number of hydrogen-bond acceptors (Lipinski definition) is 4. The van der Waals surface area contributed by atoms with Crippen LogP contribution in [0.5, 0.6) is 0 Å². The molecule has 0 saturated heterocycles. The number of nitrogens with zero attached hydrogens (tertiary/aromatic N) is 5. The zero-order valence-electron chi connectivity index (χ0n) is 27.1. The smallest absolute Gasteiger partial charge is 0.141 e. The molecule has 7 aromatic rings. The molecule has 4 aromatic carbocycles. The second kappa shape index (κ2) is 13.1. The van der Waals surface area contributed by atoms with Gasteiger partial charge in [-0.1, -0.05) is 75.4 Å². The fourth-order valence-electron chi connectivity index (χ4n) is 6.62. The zero-order valence-corrected chi connectivity index (χ0v) is 27.1. The third kappa shape index (κ3) is 5.74. The van der Waals surface area contributed by atoms with E-state index < -0.39 is 0 Å². The molecule has 46 heavy (non-hydrogen) atoms. The Morgan fingerprint density at radius 3 is 1.70 bits per heavy atom. The molecule has 0 unspecified atom stereocenters. The molecule has 5 nitrogen and oxygen atoms in total. The average molecular weight is 604 g/mol. The molecule has 3 aromatic heterocycles. The Morgan fingerprint density at radius 2 is 1.07 bits per heavy atom. The number of pyridine rings is 2. The molecule has 0 spiro atoms. The van der Waals surface area contributed by atoms with Crippen LogP contribution >= 0.6 is 0 Å². The first-order chi connectivity index (χ1) is 22.6. The van der Waals surface area contributed by atoms with E-state index in [1.165, 1.54) is 32.1 Å². The predicted octanol–water partition coefficient (Wildman–Crippen LogP) is 11.2. The number of benzene rings is 4. The second-order valence-electron chi connectivity index (χ2n) is 12.3. The van der Waals surface area contributed by atoms with Crippen molar-refractivity contribution >= 4 is 49.9 Å². The number of hydrogen-bond donors (Lipinski definition) is 0. The highest BCUT2D eigenvalue weighted by molar-refractivity contribution is 6.21. The summed E-state index contributed by atoms with van der Waals surface area (Å²) in [5, 5.41) is 2.18. The van der Waals surface area contributed by atoms with E-state index in [-0.39, 0.29) is 0 Å². The molecule has 3 heterocycles. The predicted molar refractivity (Wildman–Crippen MR) is 193 cm³/mol. The van der Waals surface area contributed by atoms with Gasteiger partial charge in [0.15, 0.2) is 0 Å². The Bertz CT molecular complexity index is 2060. The molecule has 0 fully saturated rings. The number of anilines is 3. The molecular weight excluding hydrogens is 562 g/mol. The molecule has 0 amide bonds. The topological polar surface area (TPSA) is 46.8 Å². The lowest BCUT2D eigenvalue weighted by atomic mass is 10.1. The fourth-order valence-corrected chi connectivity index (χ4v) is 6.62. The number of aromatic nitrogens is 4. The minimum Gasteiger partial charge on any atom is -0.323 e. The highest BCUT2D eigenvalue weighted by Gasteiger charge is 2.21. The zero-order chi connectivity index (χ0) is 31.5. The van der Waals surface area contributed by atoms with Crippen LogP contribution < -0.4 is 4.90 Å². The summed E-state index contributed by atoms with van der Waals surface area (Å²) in [6, 6.07) is 38.6. The van der Waals surface area contributed by atoms with Crippen LogP contribution in [-0.4, -0.2) is 19.5 Å². The van der Waals surface area contributed by atoms with Crippen LogP contribution in [0.4, 0.5) is 17.1 Å². The fraction of sp³-hybridized carbons (Fsp3) is 0.244. The van der Waals surface area contributed by atoms with Crippen LogP contribution in [-0.2, 0) is 6.54 Å². The third-order valence-corrected chi connectivity index (χ3v) is 8.92. The van der Waals surface area contributed by atoms with Gasteiger partial charge >= 0.3 is 0 Å². The van der Waals surface area contributed by atoms with Gasteiger partial charge in [0.05, 0.1) is 22.1 Å². The molecule has 0 bridgehead atoms. The summed E-state index contributed by atoms with van der Waals surface area (Å²) in [6.45, 7) is 7.28. The Balaban J connectivity index is 1.37. The standard InChI is InChI=1S/C41H41N5/c1-4-5-6-7-8-15-28-45-40-36-27-21-30(3)43-38(36)37-35(26-20-29(2)42-37)39(40)44-41(45)31-22-24-34(25-23-31)46(32-16-11-9-12-17-32)33-18-13-10-14-19-33/h9-14,16-27H,4-8,15,28H2,1-3H3. The van der Waals surface area contributed by atoms with E-state index in [1.54, 1.807) is 0 Å². The number of rotatable bonds is 11.